The Bertz CT molecular complexity index is 846. The molecule has 1 aliphatic heterocycles. The molecule has 3 aromatic rings. The van der Waals surface area contributed by atoms with E-state index in [0.717, 1.165) is 50.2 Å². The van der Waals surface area contributed by atoms with E-state index in [2.05, 4.69) is 45.4 Å². The van der Waals surface area contributed by atoms with E-state index < -0.39 is 0 Å². The second-order valence-electron chi connectivity index (χ2n) is 6.95. The number of aromatic nitrogens is 2. The molecule has 0 amide bonds. The summed E-state index contributed by atoms with van der Waals surface area (Å²) in [5, 5.41) is 4.01. The van der Waals surface area contributed by atoms with Crippen LogP contribution in [0.3, 0.4) is 0 Å². The summed E-state index contributed by atoms with van der Waals surface area (Å²) >= 11 is 0. The predicted octanol–water partition coefficient (Wildman–Crippen LogP) is 3.99. The van der Waals surface area contributed by atoms with Gasteiger partial charge in [0.2, 0.25) is 11.7 Å². The van der Waals surface area contributed by atoms with Crippen LogP contribution >= 0.6 is 0 Å². The van der Waals surface area contributed by atoms with Crippen molar-refractivity contribution in [1.29, 1.82) is 0 Å². The molecule has 0 bridgehead atoms. The second kappa shape index (κ2) is 8.35. The van der Waals surface area contributed by atoms with Gasteiger partial charge in [-0.2, -0.15) is 4.98 Å². The van der Waals surface area contributed by atoms with Crippen LogP contribution in [0.4, 0.5) is 0 Å². The van der Waals surface area contributed by atoms with Gasteiger partial charge in [0.15, 0.2) is 0 Å². The van der Waals surface area contributed by atoms with Crippen LogP contribution in [0.15, 0.2) is 59.1 Å². The van der Waals surface area contributed by atoms with Crippen molar-refractivity contribution in [2.45, 2.75) is 32.3 Å². The highest BCUT2D eigenvalue weighted by atomic mass is 16.5. The van der Waals surface area contributed by atoms with Gasteiger partial charge in [0.1, 0.15) is 11.9 Å². The molecular weight excluding hydrogens is 338 g/mol. The third kappa shape index (κ3) is 4.55. The molecule has 1 fully saturated rings. The zero-order valence-electron chi connectivity index (χ0n) is 15.7. The normalized spacial score (nSPS) is 17.3. The molecule has 0 saturated carbocycles. The molecule has 4 rings (SSSR count). The van der Waals surface area contributed by atoms with Crippen LogP contribution in [-0.2, 0) is 12.8 Å². The van der Waals surface area contributed by atoms with Crippen LogP contribution in [0, 0.1) is 0 Å². The van der Waals surface area contributed by atoms with E-state index >= 15 is 0 Å². The van der Waals surface area contributed by atoms with Gasteiger partial charge in [-0.3, -0.25) is 4.90 Å². The summed E-state index contributed by atoms with van der Waals surface area (Å²) in [6.45, 7) is 5.16. The Morgan fingerprint density at radius 2 is 1.93 bits per heavy atom. The monoisotopic (exact) mass is 363 g/mol. The van der Waals surface area contributed by atoms with Gasteiger partial charge in [-0.05, 0) is 42.7 Å². The maximum absolute atomic E-state index is 6.17. The molecule has 1 unspecified atom stereocenters. The molecule has 5 heteroatoms. The Hall–Kier alpha value is -2.66. The highest BCUT2D eigenvalue weighted by Gasteiger charge is 2.23. The van der Waals surface area contributed by atoms with Gasteiger partial charge < -0.3 is 9.26 Å². The Morgan fingerprint density at radius 3 is 2.67 bits per heavy atom. The largest absolute Gasteiger partial charge is 0.489 e. The van der Waals surface area contributed by atoms with Crippen molar-refractivity contribution < 1.29 is 9.26 Å². The average molecular weight is 363 g/mol. The standard InChI is InChI=1S/C22H25N3O2/c1-2-21-23-22(24-27-21)18-8-10-19(11-9-18)26-20-13-15-25(16-20)14-12-17-6-4-3-5-7-17/h3-11,20H,2,12-16H2,1H3. The molecule has 1 aromatic heterocycles. The molecule has 0 spiro atoms. The van der Waals surface area contributed by atoms with Crippen LogP contribution in [-0.4, -0.2) is 40.8 Å². The summed E-state index contributed by atoms with van der Waals surface area (Å²) in [7, 11) is 0. The van der Waals surface area contributed by atoms with Crippen LogP contribution in [0.25, 0.3) is 11.4 Å². The fourth-order valence-corrected chi connectivity index (χ4v) is 3.42. The van der Waals surface area contributed by atoms with Gasteiger partial charge in [0, 0.05) is 31.6 Å². The molecule has 2 aromatic carbocycles. The molecule has 5 nitrogen and oxygen atoms in total. The molecule has 1 aliphatic rings. The number of benzene rings is 2. The number of likely N-dealkylation sites (tertiary alicyclic amines) is 1. The second-order valence-corrected chi connectivity index (χ2v) is 6.95. The number of hydrogen-bond acceptors (Lipinski definition) is 5. The van der Waals surface area contributed by atoms with E-state index in [-0.39, 0.29) is 6.10 Å². The predicted molar refractivity (Wildman–Crippen MR) is 105 cm³/mol. The number of hydrogen-bond donors (Lipinski definition) is 0. The van der Waals surface area contributed by atoms with Gasteiger partial charge in [0.25, 0.3) is 0 Å². The Labute approximate surface area is 160 Å². The lowest BCUT2D eigenvalue weighted by Crippen LogP contribution is -2.26. The van der Waals surface area contributed by atoms with E-state index in [1.807, 2.05) is 31.2 Å². The number of nitrogens with zero attached hydrogens (tertiary/aromatic N) is 3. The molecule has 27 heavy (non-hydrogen) atoms. The first-order valence-corrected chi connectivity index (χ1v) is 9.66. The van der Waals surface area contributed by atoms with Crippen LogP contribution in [0.2, 0.25) is 0 Å². The van der Waals surface area contributed by atoms with Crippen molar-refractivity contribution in [3.63, 3.8) is 0 Å². The van der Waals surface area contributed by atoms with E-state index in [9.17, 15) is 0 Å². The van der Waals surface area contributed by atoms with Crippen molar-refractivity contribution in [2.75, 3.05) is 19.6 Å². The number of rotatable bonds is 7. The third-order valence-corrected chi connectivity index (χ3v) is 4.97. The zero-order valence-corrected chi connectivity index (χ0v) is 15.7. The van der Waals surface area contributed by atoms with Crippen molar-refractivity contribution >= 4 is 0 Å². The Morgan fingerprint density at radius 1 is 1.11 bits per heavy atom. The minimum absolute atomic E-state index is 0.253. The van der Waals surface area contributed by atoms with Gasteiger partial charge in [-0.15, -0.1) is 0 Å². The van der Waals surface area contributed by atoms with Crippen LogP contribution in [0.5, 0.6) is 5.75 Å². The number of ether oxygens (including phenoxy) is 1. The molecule has 0 radical (unpaired) electrons. The molecule has 1 saturated heterocycles. The van der Waals surface area contributed by atoms with E-state index in [0.29, 0.717) is 11.7 Å². The van der Waals surface area contributed by atoms with E-state index in [1.54, 1.807) is 0 Å². The van der Waals surface area contributed by atoms with Crippen LogP contribution in [0.1, 0.15) is 24.8 Å². The third-order valence-electron chi connectivity index (χ3n) is 4.97. The van der Waals surface area contributed by atoms with Gasteiger partial charge >= 0.3 is 0 Å². The summed E-state index contributed by atoms with van der Waals surface area (Å²) < 4.78 is 11.3. The summed E-state index contributed by atoms with van der Waals surface area (Å²) in [6, 6.07) is 18.6. The Kier molecular flexibility index (Phi) is 5.49. The minimum atomic E-state index is 0.253. The molecule has 0 N–H and O–H groups in total. The maximum Gasteiger partial charge on any atom is 0.226 e. The lowest BCUT2D eigenvalue weighted by atomic mass is 10.1. The van der Waals surface area contributed by atoms with Crippen molar-refractivity contribution in [3.8, 4) is 17.1 Å². The maximum atomic E-state index is 6.17. The lowest BCUT2D eigenvalue weighted by Gasteiger charge is -2.17. The minimum Gasteiger partial charge on any atom is -0.489 e. The molecule has 2 heterocycles. The molecule has 0 aliphatic carbocycles. The molecular formula is C22H25N3O2. The van der Waals surface area contributed by atoms with Gasteiger partial charge in [-0.25, -0.2) is 0 Å². The first kappa shape index (κ1) is 17.7. The summed E-state index contributed by atoms with van der Waals surface area (Å²) in [6.07, 6.45) is 3.16. The lowest BCUT2D eigenvalue weighted by molar-refractivity contribution is 0.201. The zero-order chi connectivity index (χ0) is 18.5. The van der Waals surface area contributed by atoms with Gasteiger partial charge in [-0.1, -0.05) is 42.4 Å². The molecule has 1 atom stereocenters. The topological polar surface area (TPSA) is 51.4 Å². The fraction of sp³-hybridized carbons (Fsp3) is 0.364. The quantitative estimate of drug-likeness (QED) is 0.635. The highest BCUT2D eigenvalue weighted by molar-refractivity contribution is 5.55. The van der Waals surface area contributed by atoms with Crippen molar-refractivity contribution in [3.05, 3.63) is 66.1 Å². The average Bonchev–Trinajstić information content (AvgIpc) is 3.37. The molecule has 140 valence electrons. The van der Waals surface area contributed by atoms with E-state index in [4.69, 9.17) is 9.26 Å². The SMILES string of the molecule is CCc1nc(-c2ccc(OC3CCN(CCc4ccccc4)C3)cc2)no1. The van der Waals surface area contributed by atoms with Gasteiger partial charge in [0.05, 0.1) is 0 Å². The summed E-state index contributed by atoms with van der Waals surface area (Å²) in [5.74, 6) is 2.19. The van der Waals surface area contributed by atoms with Crippen molar-refractivity contribution in [2.24, 2.45) is 0 Å². The smallest absolute Gasteiger partial charge is 0.226 e. The summed E-state index contributed by atoms with van der Waals surface area (Å²) in [5.41, 5.74) is 2.34. The number of aryl methyl sites for hydroxylation is 1. The van der Waals surface area contributed by atoms with Crippen molar-refractivity contribution in [1.82, 2.24) is 15.0 Å². The first-order valence-electron chi connectivity index (χ1n) is 9.66. The first-order chi connectivity index (χ1) is 13.3. The summed E-state index contributed by atoms with van der Waals surface area (Å²) in [4.78, 5) is 6.85. The Balaban J connectivity index is 1.28. The van der Waals surface area contributed by atoms with Crippen LogP contribution < -0.4 is 4.74 Å². The highest BCUT2D eigenvalue weighted by Crippen LogP contribution is 2.23. The van der Waals surface area contributed by atoms with E-state index in [1.165, 1.54) is 5.56 Å². The fourth-order valence-electron chi connectivity index (χ4n) is 3.42.